The summed E-state index contributed by atoms with van der Waals surface area (Å²) >= 11 is 5.94. The van der Waals surface area contributed by atoms with Crippen molar-refractivity contribution in [2.75, 3.05) is 0 Å². The summed E-state index contributed by atoms with van der Waals surface area (Å²) in [5.74, 6) is 0. The van der Waals surface area contributed by atoms with Crippen molar-refractivity contribution in [1.29, 1.82) is 5.26 Å². The SMILES string of the molecule is Cn1c(=O)n(C23CCC(C#N)(CC2)CC3)c2nc(Cl)ncc21. The van der Waals surface area contributed by atoms with Crippen LogP contribution in [0.15, 0.2) is 11.0 Å². The predicted octanol–water partition coefficient (Wildman–Crippen LogP) is 2.36. The molecule has 0 aromatic carbocycles. The van der Waals surface area contributed by atoms with Gasteiger partial charge in [0.05, 0.1) is 23.2 Å². The molecule has 0 amide bonds. The van der Waals surface area contributed by atoms with Crippen LogP contribution in [0.25, 0.3) is 11.2 Å². The van der Waals surface area contributed by atoms with Gasteiger partial charge >= 0.3 is 5.69 Å². The lowest BCUT2D eigenvalue weighted by Gasteiger charge is -2.50. The smallest absolute Gasteiger partial charge is 0.292 e. The van der Waals surface area contributed by atoms with Gasteiger partial charge < -0.3 is 0 Å². The first-order valence-corrected chi connectivity index (χ1v) is 7.90. The second-order valence-electron chi connectivity index (χ2n) is 6.64. The molecule has 2 aromatic heterocycles. The zero-order valence-electron chi connectivity index (χ0n) is 12.3. The number of hydrogen-bond acceptors (Lipinski definition) is 4. The quantitative estimate of drug-likeness (QED) is 0.756. The highest BCUT2D eigenvalue weighted by Crippen LogP contribution is 2.55. The van der Waals surface area contributed by atoms with E-state index in [1.54, 1.807) is 17.8 Å². The zero-order chi connectivity index (χ0) is 15.5. The van der Waals surface area contributed by atoms with Crippen molar-refractivity contribution in [3.63, 3.8) is 0 Å². The maximum Gasteiger partial charge on any atom is 0.330 e. The van der Waals surface area contributed by atoms with Crippen molar-refractivity contribution in [2.24, 2.45) is 12.5 Å². The number of imidazole rings is 1. The summed E-state index contributed by atoms with van der Waals surface area (Å²) in [7, 11) is 1.74. The highest BCUT2D eigenvalue weighted by molar-refractivity contribution is 6.28. The maximum atomic E-state index is 12.8. The Kier molecular flexibility index (Phi) is 2.71. The van der Waals surface area contributed by atoms with Gasteiger partial charge in [0, 0.05) is 7.05 Å². The molecule has 3 saturated carbocycles. The van der Waals surface area contributed by atoms with E-state index < -0.39 is 0 Å². The Hall–Kier alpha value is -1.87. The number of hydrogen-bond donors (Lipinski definition) is 0. The van der Waals surface area contributed by atoms with Crippen LogP contribution in [0.4, 0.5) is 0 Å². The van der Waals surface area contributed by atoms with Crippen molar-refractivity contribution >= 4 is 22.8 Å². The van der Waals surface area contributed by atoms with Crippen molar-refractivity contribution in [2.45, 2.75) is 44.1 Å². The minimum absolute atomic E-state index is 0.0714. The fraction of sp³-hybridized carbons (Fsp3) is 0.600. The molecule has 5 rings (SSSR count). The molecule has 114 valence electrons. The summed E-state index contributed by atoms with van der Waals surface area (Å²) in [6.07, 6.45) is 6.70. The van der Waals surface area contributed by atoms with Gasteiger partial charge in [0.15, 0.2) is 5.65 Å². The van der Waals surface area contributed by atoms with E-state index in [0.717, 1.165) is 38.5 Å². The maximum absolute atomic E-state index is 12.8. The third kappa shape index (κ3) is 1.63. The fourth-order valence-corrected chi connectivity index (χ4v) is 4.32. The zero-order valence-corrected chi connectivity index (χ0v) is 13.1. The van der Waals surface area contributed by atoms with Crippen LogP contribution in [0.1, 0.15) is 38.5 Å². The highest BCUT2D eigenvalue weighted by atomic mass is 35.5. The second kappa shape index (κ2) is 4.32. The Labute approximate surface area is 132 Å². The number of rotatable bonds is 1. The molecule has 0 atom stereocenters. The van der Waals surface area contributed by atoms with Crippen LogP contribution in [-0.4, -0.2) is 19.1 Å². The van der Waals surface area contributed by atoms with E-state index in [1.165, 1.54) is 0 Å². The number of nitriles is 1. The Bertz CT molecular complexity index is 850. The van der Waals surface area contributed by atoms with E-state index in [-0.39, 0.29) is 21.9 Å². The van der Waals surface area contributed by atoms with Gasteiger partial charge in [0.1, 0.15) is 5.52 Å². The number of aromatic nitrogens is 4. The number of fused-ring (bicyclic) bond motifs is 4. The molecule has 2 aromatic rings. The average Bonchev–Trinajstić information content (AvgIpc) is 2.80. The molecule has 0 spiro atoms. The van der Waals surface area contributed by atoms with Crippen molar-refractivity contribution in [3.8, 4) is 6.07 Å². The summed E-state index contributed by atoms with van der Waals surface area (Å²) in [6.45, 7) is 0. The van der Waals surface area contributed by atoms with Gasteiger partial charge in [-0.1, -0.05) is 0 Å². The summed E-state index contributed by atoms with van der Waals surface area (Å²) in [5, 5.41) is 9.58. The molecule has 3 aliphatic rings. The van der Waals surface area contributed by atoms with Crippen LogP contribution in [0.2, 0.25) is 5.28 Å². The van der Waals surface area contributed by atoms with E-state index >= 15 is 0 Å². The largest absolute Gasteiger partial charge is 0.330 e. The topological polar surface area (TPSA) is 76.5 Å². The van der Waals surface area contributed by atoms with E-state index in [2.05, 4.69) is 16.0 Å². The van der Waals surface area contributed by atoms with Crippen LogP contribution in [-0.2, 0) is 12.6 Å². The Morgan fingerprint density at radius 2 is 1.91 bits per heavy atom. The van der Waals surface area contributed by atoms with Crippen molar-refractivity contribution in [3.05, 3.63) is 22.0 Å². The molecular weight excluding hydrogens is 302 g/mol. The molecule has 3 aliphatic carbocycles. The molecule has 2 heterocycles. The summed E-state index contributed by atoms with van der Waals surface area (Å²) in [4.78, 5) is 21.1. The first kappa shape index (κ1) is 13.8. The van der Waals surface area contributed by atoms with Crippen LogP contribution < -0.4 is 5.69 Å². The third-order valence-electron chi connectivity index (χ3n) is 5.69. The first-order valence-electron chi connectivity index (χ1n) is 7.52. The van der Waals surface area contributed by atoms with Crippen LogP contribution in [0.5, 0.6) is 0 Å². The van der Waals surface area contributed by atoms with E-state index in [0.29, 0.717) is 11.2 Å². The second-order valence-corrected chi connectivity index (χ2v) is 6.98. The van der Waals surface area contributed by atoms with Gasteiger partial charge in [0.2, 0.25) is 5.28 Å². The molecular formula is C15H16ClN5O. The molecule has 0 N–H and O–H groups in total. The molecule has 0 aliphatic heterocycles. The number of halogens is 1. The average molecular weight is 318 g/mol. The predicted molar refractivity (Wildman–Crippen MR) is 81.5 cm³/mol. The summed E-state index contributed by atoms with van der Waals surface area (Å²) in [5.41, 5.74) is 0.832. The lowest BCUT2D eigenvalue weighted by atomic mass is 9.58. The van der Waals surface area contributed by atoms with Crippen LogP contribution in [0, 0.1) is 16.7 Å². The molecule has 0 radical (unpaired) electrons. The lowest BCUT2D eigenvalue weighted by molar-refractivity contribution is 0.0350. The molecule has 2 bridgehead atoms. The summed E-state index contributed by atoms with van der Waals surface area (Å²) < 4.78 is 3.40. The van der Waals surface area contributed by atoms with Crippen LogP contribution in [0.3, 0.4) is 0 Å². The standard InChI is InChI=1S/C15H16ClN5O/c1-20-10-8-18-12(16)19-11(10)21(13(20)22)15-5-2-14(9-17,3-6-15)4-7-15/h8H,2-7H2,1H3. The Morgan fingerprint density at radius 1 is 1.27 bits per heavy atom. The molecule has 0 unspecified atom stereocenters. The lowest BCUT2D eigenvalue weighted by Crippen LogP contribution is -2.50. The fourth-order valence-electron chi connectivity index (χ4n) is 4.19. The minimum Gasteiger partial charge on any atom is -0.292 e. The van der Waals surface area contributed by atoms with E-state index in [1.807, 2.05) is 4.57 Å². The number of aryl methyl sites for hydroxylation is 1. The minimum atomic E-state index is -0.229. The Balaban J connectivity index is 1.93. The molecule has 7 heteroatoms. The van der Waals surface area contributed by atoms with Gasteiger partial charge in [-0.15, -0.1) is 0 Å². The normalized spacial score (nSPS) is 30.6. The molecule has 3 fully saturated rings. The molecule has 6 nitrogen and oxygen atoms in total. The monoisotopic (exact) mass is 317 g/mol. The van der Waals surface area contributed by atoms with Gasteiger partial charge in [0.25, 0.3) is 0 Å². The summed E-state index contributed by atoms with van der Waals surface area (Å²) in [6, 6.07) is 2.50. The van der Waals surface area contributed by atoms with E-state index in [9.17, 15) is 10.1 Å². The molecule has 22 heavy (non-hydrogen) atoms. The third-order valence-corrected chi connectivity index (χ3v) is 5.87. The van der Waals surface area contributed by atoms with Crippen molar-refractivity contribution < 1.29 is 0 Å². The molecule has 0 saturated heterocycles. The van der Waals surface area contributed by atoms with Gasteiger partial charge in [-0.05, 0) is 50.1 Å². The Morgan fingerprint density at radius 3 is 2.50 bits per heavy atom. The van der Waals surface area contributed by atoms with Gasteiger partial charge in [-0.2, -0.15) is 10.2 Å². The highest BCUT2D eigenvalue weighted by Gasteiger charge is 2.51. The number of nitrogens with zero attached hydrogens (tertiary/aromatic N) is 5. The first-order chi connectivity index (χ1) is 10.5. The van der Waals surface area contributed by atoms with Gasteiger partial charge in [-0.3, -0.25) is 9.13 Å². The van der Waals surface area contributed by atoms with E-state index in [4.69, 9.17) is 11.6 Å². The van der Waals surface area contributed by atoms with Crippen molar-refractivity contribution in [1.82, 2.24) is 19.1 Å². The van der Waals surface area contributed by atoms with Crippen LogP contribution >= 0.6 is 11.6 Å². The van der Waals surface area contributed by atoms with Gasteiger partial charge in [-0.25, -0.2) is 9.78 Å².